The molecule has 12 nitrogen and oxygen atoms in total. The monoisotopic (exact) mass is 320 g/mol. The third kappa shape index (κ3) is 36.0. The molecule has 112 valence electrons. The van der Waals surface area contributed by atoms with Crippen LogP contribution < -0.4 is 23.8 Å². The second-order valence-electron chi connectivity index (χ2n) is 1.83. The topological polar surface area (TPSA) is 208 Å². The first kappa shape index (κ1) is 26.9. The number of aliphatic carboxylic acids is 2. The average molecular weight is 320 g/mol. The van der Waals surface area contributed by atoms with Gasteiger partial charge in [0.25, 0.3) is 7.82 Å². The van der Waals surface area contributed by atoms with Gasteiger partial charge in [-0.25, -0.2) is 29.1 Å². The van der Waals surface area contributed by atoms with Crippen LogP contribution in [0.3, 0.4) is 0 Å². The van der Waals surface area contributed by atoms with Gasteiger partial charge in [0, 0.05) is 9.05 Å². The van der Waals surface area contributed by atoms with Crippen LogP contribution in [0.5, 0.6) is 0 Å². The molecule has 0 bridgehead atoms. The van der Waals surface area contributed by atoms with E-state index in [9.17, 15) is 28.2 Å². The molecule has 0 saturated carbocycles. The molecule has 0 aromatic carbocycles. The zero-order valence-electron chi connectivity index (χ0n) is 9.26. The van der Waals surface area contributed by atoms with E-state index in [0.29, 0.717) is 0 Å². The van der Waals surface area contributed by atoms with E-state index in [1.807, 2.05) is 0 Å². The van der Waals surface area contributed by atoms with Gasteiger partial charge in [-0.3, -0.25) is 4.57 Å². The maximum Gasteiger partial charge on any atom is 1.00 e. The fraction of sp³-hybridized carbons (Fsp3) is 0. The van der Waals surface area contributed by atoms with Crippen molar-refractivity contribution in [2.45, 2.75) is 0 Å². The number of rotatable bonds is 0. The second kappa shape index (κ2) is 13.9. The van der Waals surface area contributed by atoms with Crippen LogP contribution in [-0.4, -0.2) is 43.9 Å². The van der Waals surface area contributed by atoms with Crippen molar-refractivity contribution in [2.75, 3.05) is 0 Å². The van der Waals surface area contributed by atoms with Gasteiger partial charge in [-0.2, -0.15) is 0 Å². The number of hydrogen-bond acceptors (Lipinski definition) is 8. The molecule has 4 N–H and O–H groups in total. The van der Waals surface area contributed by atoms with Gasteiger partial charge in [-0.15, -0.1) is 0 Å². The van der Waals surface area contributed by atoms with Crippen LogP contribution >= 0.6 is 7.82 Å². The molecule has 0 rings (SSSR count). The Bertz CT molecular complexity index is 343. The third-order valence-corrected chi connectivity index (χ3v) is 0.489. The molecule has 16 heteroatoms. The average Bonchev–Trinajstić information content (AvgIpc) is 2.25. The van der Waals surface area contributed by atoms with E-state index in [1.54, 1.807) is 0 Å². The Morgan fingerprint density at radius 1 is 0.900 bits per heavy atom. The fourth-order valence-corrected chi connectivity index (χ4v) is 0.0660. The minimum absolute atomic E-state index is 0. The van der Waals surface area contributed by atoms with Crippen molar-refractivity contribution in [1.29, 1.82) is 0 Å². The van der Waals surface area contributed by atoms with Crippen molar-refractivity contribution in [3.05, 3.63) is 0 Å². The number of phosphoric acid groups is 1. The summed E-state index contributed by atoms with van der Waals surface area (Å²) in [6.45, 7) is 0. The Morgan fingerprint density at radius 3 is 1.05 bits per heavy atom. The number of carbonyl (C=O) groups is 4. The minimum Gasteiger partial charge on any atom is -0.756 e. The molecule has 0 atom stereocenters. The van der Waals surface area contributed by atoms with Crippen LogP contribution in [0.25, 0.3) is 0 Å². The first-order valence-corrected chi connectivity index (χ1v) is 4.78. The van der Waals surface area contributed by atoms with E-state index in [-0.39, 0.29) is 18.9 Å². The largest absolute Gasteiger partial charge is 1.00 e. The van der Waals surface area contributed by atoms with Gasteiger partial charge >= 0.3 is 42.7 Å². The maximum atomic E-state index is 10.4. The van der Waals surface area contributed by atoms with Crippen LogP contribution in [0.4, 0.5) is 9.05 Å². The summed E-state index contributed by atoms with van der Waals surface area (Å²) in [6, 6.07) is 0. The predicted molar refractivity (Wildman–Crippen MR) is 41.7 cm³/mol. The molecule has 0 spiro atoms. The summed E-state index contributed by atoms with van der Waals surface area (Å²) in [5.41, 5.74) is 0. The Morgan fingerprint density at radius 2 is 1.05 bits per heavy atom. The molecule has 0 aliphatic heterocycles. The number of carboxylic acids is 2. The van der Waals surface area contributed by atoms with Gasteiger partial charge in [0.1, 0.15) is 0 Å². The SMILES string of the molecule is O=C(O)C(=O)OF.O=C(O)C(=O)OF.O=P([O-])(O)O.[Li+]. The molecule has 0 heterocycles. The summed E-state index contributed by atoms with van der Waals surface area (Å²) < 4.78 is 29.6. The number of carbonyl (C=O) groups excluding carboxylic acids is 2. The summed E-state index contributed by atoms with van der Waals surface area (Å²) in [5, 5.41) is 14.9. The van der Waals surface area contributed by atoms with Crippen molar-refractivity contribution in [3.63, 3.8) is 0 Å². The Hall–Kier alpha value is -1.55. The standard InChI is InChI=1S/2C2HFO4.Li.H3O4P/c2*3-7-2(6)1(4)5;;1-5(2,3)4/h2*(H,4,5);;(H3,1,2,3,4)/q;;+1;/p-1. The van der Waals surface area contributed by atoms with Crippen molar-refractivity contribution in [1.82, 2.24) is 0 Å². The van der Waals surface area contributed by atoms with E-state index >= 15 is 0 Å². The summed E-state index contributed by atoms with van der Waals surface area (Å²) in [5.74, 6) is -7.69. The molecule has 0 aliphatic carbocycles. The fourth-order valence-electron chi connectivity index (χ4n) is 0.0660. The molecule has 0 aromatic rings. The van der Waals surface area contributed by atoms with Gasteiger partial charge < -0.3 is 24.9 Å². The van der Waals surface area contributed by atoms with Crippen molar-refractivity contribution < 1.29 is 86.4 Å². The van der Waals surface area contributed by atoms with E-state index in [0.717, 1.165) is 0 Å². The summed E-state index contributed by atoms with van der Waals surface area (Å²) in [6.07, 6.45) is 0. The van der Waals surface area contributed by atoms with E-state index < -0.39 is 31.7 Å². The first-order chi connectivity index (χ1) is 8.36. The zero-order valence-corrected chi connectivity index (χ0v) is 10.2. The third-order valence-electron chi connectivity index (χ3n) is 0.489. The Labute approximate surface area is 119 Å². The quantitative estimate of drug-likeness (QED) is 0.187. The molecular formula is C4H4F2LiO12P. The molecule has 0 unspecified atom stereocenters. The van der Waals surface area contributed by atoms with E-state index in [1.165, 1.54) is 0 Å². The van der Waals surface area contributed by atoms with Crippen molar-refractivity contribution >= 4 is 31.7 Å². The van der Waals surface area contributed by atoms with Gasteiger partial charge in [-0.05, 0) is 0 Å². The van der Waals surface area contributed by atoms with Crippen LogP contribution in [0.1, 0.15) is 0 Å². The number of halogens is 2. The van der Waals surface area contributed by atoms with Gasteiger partial charge in [-0.1, -0.05) is 0 Å². The molecule has 0 saturated heterocycles. The van der Waals surface area contributed by atoms with Crippen LogP contribution in [0.2, 0.25) is 0 Å². The number of carboxylic acid groups (broad SMARTS) is 2. The van der Waals surface area contributed by atoms with Crippen molar-refractivity contribution in [3.8, 4) is 0 Å². The zero-order chi connectivity index (χ0) is 16.2. The van der Waals surface area contributed by atoms with Gasteiger partial charge in [0.2, 0.25) is 0 Å². The summed E-state index contributed by atoms with van der Waals surface area (Å²) >= 11 is 0. The van der Waals surface area contributed by atoms with Crippen molar-refractivity contribution in [2.24, 2.45) is 0 Å². The minimum atomic E-state index is -4.89. The van der Waals surface area contributed by atoms with E-state index in [2.05, 4.69) is 9.88 Å². The molecule has 0 aliphatic rings. The molecule has 0 fully saturated rings. The number of hydrogen-bond donors (Lipinski definition) is 4. The first-order valence-electron chi connectivity index (χ1n) is 3.25. The molecule has 0 amide bonds. The molecule has 0 aromatic heterocycles. The smallest absolute Gasteiger partial charge is 0.756 e. The Kier molecular flexibility index (Phi) is 18.7. The maximum absolute atomic E-state index is 10.4. The summed E-state index contributed by atoms with van der Waals surface area (Å²) in [4.78, 5) is 64.5. The van der Waals surface area contributed by atoms with Gasteiger partial charge in [0.05, 0.1) is 0 Å². The van der Waals surface area contributed by atoms with Gasteiger partial charge in [0.15, 0.2) is 0 Å². The Balaban J connectivity index is -0.0000000952. The predicted octanol–water partition coefficient (Wildman–Crippen LogP) is -5.56. The van der Waals surface area contributed by atoms with E-state index in [4.69, 9.17) is 29.5 Å². The summed E-state index contributed by atoms with van der Waals surface area (Å²) in [7, 11) is -4.89. The van der Waals surface area contributed by atoms with Crippen LogP contribution in [0, 0.1) is 0 Å². The second-order valence-corrected chi connectivity index (χ2v) is 2.81. The van der Waals surface area contributed by atoms with Crippen LogP contribution in [0.15, 0.2) is 0 Å². The molecule has 0 radical (unpaired) electrons. The molecule has 20 heavy (non-hydrogen) atoms. The van der Waals surface area contributed by atoms with Crippen LogP contribution in [-0.2, 0) is 33.6 Å². The molecular weight excluding hydrogens is 316 g/mol. The normalized spacial score (nSPS) is 8.25.